The summed E-state index contributed by atoms with van der Waals surface area (Å²) in [6, 6.07) is 11.7. The van der Waals surface area contributed by atoms with Crippen LogP contribution in [0.25, 0.3) is 27.7 Å². The number of fused-ring (bicyclic) bond motifs is 5. The molecule has 0 spiro atoms. The van der Waals surface area contributed by atoms with Gasteiger partial charge in [-0.05, 0) is 37.4 Å². The molecule has 1 amide bonds. The van der Waals surface area contributed by atoms with Crippen molar-refractivity contribution in [3.8, 4) is 0 Å². The van der Waals surface area contributed by atoms with Crippen LogP contribution in [0.15, 0.2) is 42.6 Å². The van der Waals surface area contributed by atoms with Crippen LogP contribution in [0.3, 0.4) is 0 Å². The highest BCUT2D eigenvalue weighted by molar-refractivity contribution is 6.07. The van der Waals surface area contributed by atoms with Crippen LogP contribution in [-0.4, -0.2) is 58.4 Å². The van der Waals surface area contributed by atoms with Crippen molar-refractivity contribution in [1.82, 2.24) is 24.6 Å². The van der Waals surface area contributed by atoms with Gasteiger partial charge in [-0.15, -0.1) is 0 Å². The van der Waals surface area contributed by atoms with Crippen LogP contribution >= 0.6 is 0 Å². The van der Waals surface area contributed by atoms with E-state index in [1.807, 2.05) is 40.8 Å². The van der Waals surface area contributed by atoms with E-state index in [9.17, 15) is 4.79 Å². The van der Waals surface area contributed by atoms with Crippen LogP contribution in [0.1, 0.15) is 24.2 Å². The number of carbonyl (C=O) groups is 1. The molecule has 4 aromatic rings. The Bertz CT molecular complexity index is 1180. The van der Waals surface area contributed by atoms with Crippen molar-refractivity contribution in [2.24, 2.45) is 0 Å². The normalized spacial score (nSPS) is 11.6. The molecule has 0 saturated carbocycles. The predicted molar refractivity (Wildman–Crippen MR) is 118 cm³/mol. The molecular formula is C22H26N6O. The third-order valence-electron chi connectivity index (χ3n) is 5.38. The van der Waals surface area contributed by atoms with Gasteiger partial charge in [0.15, 0.2) is 5.65 Å². The first-order valence-corrected chi connectivity index (χ1v) is 10.0. The summed E-state index contributed by atoms with van der Waals surface area (Å²) >= 11 is 0. The van der Waals surface area contributed by atoms with E-state index in [-0.39, 0.29) is 5.91 Å². The number of anilines is 1. The number of nitrogens with one attached hydrogen (secondary N) is 2. The Hall–Kier alpha value is -3.19. The molecule has 0 fully saturated rings. The predicted octanol–water partition coefficient (Wildman–Crippen LogP) is 3.15. The molecule has 0 aliphatic rings. The Morgan fingerprint density at radius 1 is 1.14 bits per heavy atom. The molecule has 7 nitrogen and oxygen atoms in total. The summed E-state index contributed by atoms with van der Waals surface area (Å²) in [7, 11) is 1.64. The van der Waals surface area contributed by atoms with Crippen molar-refractivity contribution >= 4 is 39.3 Å². The number of benzene rings is 1. The van der Waals surface area contributed by atoms with Crippen molar-refractivity contribution in [3.63, 3.8) is 0 Å². The molecule has 4 rings (SSSR count). The van der Waals surface area contributed by atoms with Crippen LogP contribution in [0.4, 0.5) is 5.69 Å². The zero-order chi connectivity index (χ0) is 20.4. The minimum absolute atomic E-state index is 0.162. The zero-order valence-electron chi connectivity index (χ0n) is 17.1. The fourth-order valence-corrected chi connectivity index (χ4v) is 3.76. The molecule has 7 heteroatoms. The summed E-state index contributed by atoms with van der Waals surface area (Å²) in [5.41, 5.74) is 4.68. The maximum Gasteiger partial charge on any atom is 0.254 e. The molecule has 0 bridgehead atoms. The van der Waals surface area contributed by atoms with Gasteiger partial charge in [0.2, 0.25) is 0 Å². The van der Waals surface area contributed by atoms with E-state index in [4.69, 9.17) is 4.98 Å². The fourth-order valence-electron chi connectivity index (χ4n) is 3.76. The van der Waals surface area contributed by atoms with E-state index in [2.05, 4.69) is 34.4 Å². The Morgan fingerprint density at radius 2 is 1.93 bits per heavy atom. The van der Waals surface area contributed by atoms with Crippen LogP contribution in [0.2, 0.25) is 0 Å². The first-order chi connectivity index (χ1) is 14.2. The van der Waals surface area contributed by atoms with Gasteiger partial charge >= 0.3 is 0 Å². The molecule has 0 aliphatic heterocycles. The number of para-hydroxylation sites is 2. The number of nitrogens with zero attached hydrogens (tertiary/aromatic N) is 4. The molecule has 3 heterocycles. The summed E-state index contributed by atoms with van der Waals surface area (Å²) in [4.78, 5) is 24.3. The lowest BCUT2D eigenvalue weighted by Gasteiger charge is -2.19. The van der Waals surface area contributed by atoms with Crippen LogP contribution in [0, 0.1) is 0 Å². The average molecular weight is 390 g/mol. The van der Waals surface area contributed by atoms with E-state index in [0.717, 1.165) is 53.9 Å². The van der Waals surface area contributed by atoms with Gasteiger partial charge in [-0.25, -0.2) is 9.97 Å². The first-order valence-electron chi connectivity index (χ1n) is 10.0. The van der Waals surface area contributed by atoms with Gasteiger partial charge in [0, 0.05) is 37.4 Å². The molecule has 1 aromatic carbocycles. The maximum atomic E-state index is 12.6. The van der Waals surface area contributed by atoms with Crippen LogP contribution < -0.4 is 10.6 Å². The number of carbonyl (C=O) groups excluding carboxylic acids is 1. The SMILES string of the molecule is CCN(CC)CCNc1ccnc2c1cc(C(=O)NC)c1nc3ccccc3n12. The monoisotopic (exact) mass is 390 g/mol. The van der Waals surface area contributed by atoms with Crippen LogP contribution in [0.5, 0.6) is 0 Å². The Morgan fingerprint density at radius 3 is 2.69 bits per heavy atom. The standard InChI is InChI=1S/C22H26N6O/c1-4-27(5-2)13-12-24-17-10-11-25-20-15(17)14-16(22(29)23-3)21-26-18-8-6-7-9-19(18)28(20)21/h6-11,14H,4-5,12-13H2,1-3H3,(H,23,29)(H,24,25). The van der Waals surface area contributed by atoms with Crippen molar-refractivity contribution in [1.29, 1.82) is 0 Å². The lowest BCUT2D eigenvalue weighted by Crippen LogP contribution is -2.28. The number of rotatable bonds is 7. The summed E-state index contributed by atoms with van der Waals surface area (Å²) in [6.07, 6.45) is 1.80. The Labute approximate surface area is 169 Å². The van der Waals surface area contributed by atoms with Crippen molar-refractivity contribution < 1.29 is 4.79 Å². The van der Waals surface area contributed by atoms with E-state index in [0.29, 0.717) is 11.2 Å². The molecule has 0 saturated heterocycles. The van der Waals surface area contributed by atoms with E-state index in [1.54, 1.807) is 13.2 Å². The molecule has 0 unspecified atom stereocenters. The number of likely N-dealkylation sites (N-methyl/N-ethyl adjacent to an activating group) is 1. The van der Waals surface area contributed by atoms with Gasteiger partial charge < -0.3 is 15.5 Å². The highest BCUT2D eigenvalue weighted by atomic mass is 16.1. The molecule has 2 N–H and O–H groups in total. The lowest BCUT2D eigenvalue weighted by atomic mass is 10.1. The smallest absolute Gasteiger partial charge is 0.254 e. The summed E-state index contributed by atoms with van der Waals surface area (Å²) in [6.45, 7) is 8.16. The van der Waals surface area contributed by atoms with Gasteiger partial charge in [0.05, 0.1) is 16.6 Å². The number of hydrogen-bond acceptors (Lipinski definition) is 5. The van der Waals surface area contributed by atoms with Gasteiger partial charge in [-0.2, -0.15) is 0 Å². The van der Waals surface area contributed by atoms with Crippen molar-refractivity contribution in [3.05, 3.63) is 48.2 Å². The molecule has 0 radical (unpaired) electrons. The van der Waals surface area contributed by atoms with Crippen molar-refractivity contribution in [2.45, 2.75) is 13.8 Å². The molecule has 0 aliphatic carbocycles. The number of pyridine rings is 2. The zero-order valence-corrected chi connectivity index (χ0v) is 17.1. The van der Waals surface area contributed by atoms with E-state index >= 15 is 0 Å². The second kappa shape index (κ2) is 8.05. The van der Waals surface area contributed by atoms with E-state index < -0.39 is 0 Å². The lowest BCUT2D eigenvalue weighted by molar-refractivity contribution is 0.0964. The topological polar surface area (TPSA) is 74.6 Å². The third kappa shape index (κ3) is 3.38. The maximum absolute atomic E-state index is 12.6. The minimum atomic E-state index is -0.162. The number of amides is 1. The Balaban J connectivity index is 1.89. The first kappa shape index (κ1) is 19.1. The largest absolute Gasteiger partial charge is 0.383 e. The van der Waals surface area contributed by atoms with Gasteiger partial charge in [-0.3, -0.25) is 9.20 Å². The second-order valence-electron chi connectivity index (χ2n) is 6.95. The second-order valence-corrected chi connectivity index (χ2v) is 6.95. The number of hydrogen-bond donors (Lipinski definition) is 2. The molecule has 29 heavy (non-hydrogen) atoms. The van der Waals surface area contributed by atoms with Gasteiger partial charge in [0.1, 0.15) is 5.65 Å². The summed E-state index contributed by atoms with van der Waals surface area (Å²) < 4.78 is 1.98. The molecule has 150 valence electrons. The van der Waals surface area contributed by atoms with Crippen molar-refractivity contribution in [2.75, 3.05) is 38.5 Å². The third-order valence-corrected chi connectivity index (χ3v) is 5.38. The van der Waals surface area contributed by atoms with Gasteiger partial charge in [0.25, 0.3) is 5.91 Å². The summed E-state index contributed by atoms with van der Waals surface area (Å²) in [5, 5.41) is 7.17. The highest BCUT2D eigenvalue weighted by Crippen LogP contribution is 2.29. The number of aromatic nitrogens is 3. The molecular weight excluding hydrogens is 364 g/mol. The minimum Gasteiger partial charge on any atom is -0.383 e. The van der Waals surface area contributed by atoms with E-state index in [1.165, 1.54) is 0 Å². The summed E-state index contributed by atoms with van der Waals surface area (Å²) in [5.74, 6) is -0.162. The number of imidazole rings is 1. The fraction of sp³-hybridized carbons (Fsp3) is 0.318. The highest BCUT2D eigenvalue weighted by Gasteiger charge is 2.18. The average Bonchev–Trinajstić information content (AvgIpc) is 3.15. The van der Waals surface area contributed by atoms with Crippen LogP contribution in [-0.2, 0) is 0 Å². The Kier molecular flexibility index (Phi) is 5.31. The molecule has 0 atom stereocenters. The molecule has 3 aromatic heterocycles. The quantitative estimate of drug-likeness (QED) is 0.507. The van der Waals surface area contributed by atoms with Gasteiger partial charge in [-0.1, -0.05) is 26.0 Å².